The van der Waals surface area contributed by atoms with Crippen LogP contribution in [-0.2, 0) is 0 Å². The van der Waals surface area contributed by atoms with Gasteiger partial charge in [-0.05, 0) is 44.5 Å². The normalized spacial score (nSPS) is 20.2. The molecule has 1 fully saturated rings. The predicted molar refractivity (Wildman–Crippen MR) is 96.2 cm³/mol. The smallest absolute Gasteiger partial charge is 0.122 e. The zero-order valence-electron chi connectivity index (χ0n) is 14.2. The highest BCUT2D eigenvalue weighted by atomic mass is 16.5. The molecule has 0 amide bonds. The molecule has 23 heavy (non-hydrogen) atoms. The van der Waals surface area contributed by atoms with E-state index < -0.39 is 0 Å². The van der Waals surface area contributed by atoms with E-state index in [1.807, 2.05) is 0 Å². The van der Waals surface area contributed by atoms with E-state index in [9.17, 15) is 0 Å². The molecule has 2 atom stereocenters. The standard InChI is InChI=1S/C21H27NO/c1-22-15-9-8-12-18(22)16-20(17-10-4-3-5-11-17)19-13-6-7-14-21(19)23-2/h3-7,10-11,13-14,18,20H,8-9,12,15-16H2,1-2H3. The number of piperidine rings is 1. The zero-order chi connectivity index (χ0) is 16.1. The third-order valence-electron chi connectivity index (χ3n) is 5.15. The highest BCUT2D eigenvalue weighted by Crippen LogP contribution is 2.37. The fourth-order valence-corrected chi connectivity index (χ4v) is 3.80. The Kier molecular flexibility index (Phi) is 5.35. The maximum absolute atomic E-state index is 5.65. The van der Waals surface area contributed by atoms with E-state index in [2.05, 4.69) is 66.5 Å². The summed E-state index contributed by atoms with van der Waals surface area (Å²) < 4.78 is 5.65. The van der Waals surface area contributed by atoms with Crippen LogP contribution in [0.3, 0.4) is 0 Å². The molecule has 1 aliphatic heterocycles. The van der Waals surface area contributed by atoms with Gasteiger partial charge >= 0.3 is 0 Å². The Hall–Kier alpha value is -1.80. The summed E-state index contributed by atoms with van der Waals surface area (Å²) in [6, 6.07) is 20.0. The molecule has 1 saturated heterocycles. The molecule has 3 rings (SSSR count). The summed E-state index contributed by atoms with van der Waals surface area (Å²) in [4.78, 5) is 2.54. The van der Waals surface area contributed by atoms with Crippen molar-refractivity contribution in [3.05, 3.63) is 65.7 Å². The van der Waals surface area contributed by atoms with E-state index in [1.165, 1.54) is 36.9 Å². The van der Waals surface area contributed by atoms with Gasteiger partial charge in [0.05, 0.1) is 7.11 Å². The number of ether oxygens (including phenoxy) is 1. The monoisotopic (exact) mass is 309 g/mol. The first kappa shape index (κ1) is 16.1. The molecule has 122 valence electrons. The number of benzene rings is 2. The van der Waals surface area contributed by atoms with Gasteiger partial charge in [-0.3, -0.25) is 0 Å². The van der Waals surface area contributed by atoms with E-state index in [-0.39, 0.29) is 0 Å². The Morgan fingerprint density at radius 1 is 1.04 bits per heavy atom. The molecule has 0 radical (unpaired) electrons. The Bertz CT molecular complexity index is 610. The lowest BCUT2D eigenvalue weighted by Gasteiger charge is -2.35. The van der Waals surface area contributed by atoms with Crippen molar-refractivity contribution < 1.29 is 4.74 Å². The van der Waals surface area contributed by atoms with Crippen molar-refractivity contribution in [2.75, 3.05) is 20.7 Å². The molecule has 2 heteroatoms. The third kappa shape index (κ3) is 3.76. The summed E-state index contributed by atoms with van der Waals surface area (Å²) >= 11 is 0. The second-order valence-corrected chi connectivity index (χ2v) is 6.57. The Balaban J connectivity index is 1.94. The van der Waals surface area contributed by atoms with Gasteiger partial charge in [-0.15, -0.1) is 0 Å². The number of hydrogen-bond donors (Lipinski definition) is 0. The van der Waals surface area contributed by atoms with Gasteiger partial charge in [0.2, 0.25) is 0 Å². The average molecular weight is 309 g/mol. The second-order valence-electron chi connectivity index (χ2n) is 6.57. The van der Waals surface area contributed by atoms with E-state index in [1.54, 1.807) is 7.11 Å². The van der Waals surface area contributed by atoms with Crippen LogP contribution >= 0.6 is 0 Å². The SMILES string of the molecule is COc1ccccc1C(CC1CCCCN1C)c1ccccc1. The quantitative estimate of drug-likeness (QED) is 0.793. The fraction of sp³-hybridized carbons (Fsp3) is 0.429. The van der Waals surface area contributed by atoms with Gasteiger partial charge in [-0.1, -0.05) is 55.0 Å². The predicted octanol–water partition coefficient (Wildman–Crippen LogP) is 4.70. The van der Waals surface area contributed by atoms with Gasteiger partial charge in [0.15, 0.2) is 0 Å². The van der Waals surface area contributed by atoms with Crippen molar-refractivity contribution in [3.63, 3.8) is 0 Å². The van der Waals surface area contributed by atoms with Crippen LogP contribution in [0.25, 0.3) is 0 Å². The lowest BCUT2D eigenvalue weighted by atomic mass is 9.83. The van der Waals surface area contributed by atoms with Crippen molar-refractivity contribution >= 4 is 0 Å². The van der Waals surface area contributed by atoms with Crippen LogP contribution in [0, 0.1) is 0 Å². The van der Waals surface area contributed by atoms with Crippen molar-refractivity contribution in [3.8, 4) is 5.75 Å². The Morgan fingerprint density at radius 2 is 1.78 bits per heavy atom. The topological polar surface area (TPSA) is 12.5 Å². The van der Waals surface area contributed by atoms with Gasteiger partial charge in [0, 0.05) is 17.5 Å². The van der Waals surface area contributed by atoms with E-state index in [0.717, 1.165) is 12.2 Å². The minimum absolute atomic E-state index is 0.387. The van der Waals surface area contributed by atoms with Gasteiger partial charge in [-0.2, -0.15) is 0 Å². The number of nitrogens with zero attached hydrogens (tertiary/aromatic N) is 1. The number of hydrogen-bond acceptors (Lipinski definition) is 2. The highest BCUT2D eigenvalue weighted by molar-refractivity contribution is 5.42. The molecule has 2 nitrogen and oxygen atoms in total. The van der Waals surface area contributed by atoms with E-state index in [0.29, 0.717) is 12.0 Å². The maximum Gasteiger partial charge on any atom is 0.122 e. The Labute approximate surface area is 140 Å². The molecule has 1 heterocycles. The van der Waals surface area contributed by atoms with Crippen molar-refractivity contribution in [1.82, 2.24) is 4.90 Å². The molecular weight excluding hydrogens is 282 g/mol. The first-order valence-corrected chi connectivity index (χ1v) is 8.67. The first-order valence-electron chi connectivity index (χ1n) is 8.67. The summed E-state index contributed by atoms with van der Waals surface area (Å²) in [6.45, 7) is 1.22. The molecule has 0 N–H and O–H groups in total. The summed E-state index contributed by atoms with van der Waals surface area (Å²) in [5.74, 6) is 1.39. The van der Waals surface area contributed by atoms with Gasteiger partial charge in [0.1, 0.15) is 5.75 Å². The lowest BCUT2D eigenvalue weighted by Crippen LogP contribution is -2.37. The number of likely N-dealkylation sites (tertiary alicyclic amines) is 1. The van der Waals surface area contributed by atoms with Gasteiger partial charge in [0.25, 0.3) is 0 Å². The Morgan fingerprint density at radius 3 is 2.52 bits per heavy atom. The van der Waals surface area contributed by atoms with Crippen LogP contribution in [-0.4, -0.2) is 31.6 Å². The van der Waals surface area contributed by atoms with Crippen molar-refractivity contribution in [2.24, 2.45) is 0 Å². The molecule has 0 aromatic heterocycles. The summed E-state index contributed by atoms with van der Waals surface area (Å²) in [5.41, 5.74) is 2.69. The minimum Gasteiger partial charge on any atom is -0.496 e. The summed E-state index contributed by atoms with van der Waals surface area (Å²) in [5, 5.41) is 0. The molecule has 0 spiro atoms. The van der Waals surface area contributed by atoms with E-state index in [4.69, 9.17) is 4.74 Å². The van der Waals surface area contributed by atoms with Gasteiger partial charge < -0.3 is 9.64 Å². The van der Waals surface area contributed by atoms with Crippen LogP contribution in [0.4, 0.5) is 0 Å². The molecule has 2 aromatic rings. The summed E-state index contributed by atoms with van der Waals surface area (Å²) in [6.07, 6.45) is 5.13. The molecule has 1 aliphatic rings. The van der Waals surface area contributed by atoms with Crippen LogP contribution in [0.1, 0.15) is 42.7 Å². The van der Waals surface area contributed by atoms with Crippen LogP contribution in [0.15, 0.2) is 54.6 Å². The second kappa shape index (κ2) is 7.65. The number of methoxy groups -OCH3 is 1. The maximum atomic E-state index is 5.65. The molecule has 0 bridgehead atoms. The van der Waals surface area contributed by atoms with Gasteiger partial charge in [-0.25, -0.2) is 0 Å². The van der Waals surface area contributed by atoms with E-state index >= 15 is 0 Å². The minimum atomic E-state index is 0.387. The lowest BCUT2D eigenvalue weighted by molar-refractivity contribution is 0.171. The van der Waals surface area contributed by atoms with Crippen molar-refractivity contribution in [1.29, 1.82) is 0 Å². The molecule has 2 unspecified atom stereocenters. The van der Waals surface area contributed by atoms with Crippen LogP contribution in [0.2, 0.25) is 0 Å². The van der Waals surface area contributed by atoms with Crippen LogP contribution < -0.4 is 4.74 Å². The largest absolute Gasteiger partial charge is 0.496 e. The number of para-hydroxylation sites is 1. The first-order chi connectivity index (χ1) is 11.3. The number of rotatable bonds is 5. The third-order valence-corrected chi connectivity index (χ3v) is 5.15. The van der Waals surface area contributed by atoms with Crippen LogP contribution in [0.5, 0.6) is 5.75 Å². The highest BCUT2D eigenvalue weighted by Gasteiger charge is 2.26. The molecular formula is C21H27NO. The summed E-state index contributed by atoms with van der Waals surface area (Å²) in [7, 11) is 4.04. The molecule has 2 aromatic carbocycles. The average Bonchev–Trinajstić information content (AvgIpc) is 2.62. The molecule has 0 aliphatic carbocycles. The zero-order valence-corrected chi connectivity index (χ0v) is 14.2. The molecule has 0 saturated carbocycles. The van der Waals surface area contributed by atoms with Crippen molar-refractivity contribution in [2.45, 2.75) is 37.6 Å². The fourth-order valence-electron chi connectivity index (χ4n) is 3.80.